The normalized spacial score (nSPS) is 20.0. The van der Waals surface area contributed by atoms with Crippen LogP contribution in [0.3, 0.4) is 0 Å². The number of piperazine rings is 1. The first-order chi connectivity index (χ1) is 18.0. The number of carboxylic acids is 1. The number of aromatic carboxylic acids is 1. The Labute approximate surface area is 218 Å². The van der Waals surface area contributed by atoms with Crippen molar-refractivity contribution in [3.05, 3.63) is 35.8 Å². The summed E-state index contributed by atoms with van der Waals surface area (Å²) in [5.41, 5.74) is 3.74. The van der Waals surface area contributed by atoms with Gasteiger partial charge in [-0.05, 0) is 63.3 Å². The topological polar surface area (TPSA) is 87.4 Å². The van der Waals surface area contributed by atoms with Crippen LogP contribution in [0.25, 0.3) is 22.2 Å². The van der Waals surface area contributed by atoms with E-state index < -0.39 is 5.97 Å². The van der Waals surface area contributed by atoms with E-state index in [-0.39, 0.29) is 5.69 Å². The number of rotatable bonds is 6. The number of aromatic nitrogens is 4. The minimum Gasteiger partial charge on any atom is -0.477 e. The number of fused-ring (bicyclic) bond motifs is 1. The van der Waals surface area contributed by atoms with Crippen LogP contribution in [0.5, 0.6) is 0 Å². The highest BCUT2D eigenvalue weighted by molar-refractivity contribution is 5.99. The molecule has 1 saturated heterocycles. The lowest BCUT2D eigenvalue weighted by Crippen LogP contribution is -2.49. The molecule has 37 heavy (non-hydrogen) atoms. The van der Waals surface area contributed by atoms with Crippen molar-refractivity contribution < 1.29 is 9.90 Å². The van der Waals surface area contributed by atoms with Gasteiger partial charge in [0.15, 0.2) is 11.3 Å². The molecule has 4 heterocycles. The zero-order valence-electron chi connectivity index (χ0n) is 22.1. The van der Waals surface area contributed by atoms with Crippen molar-refractivity contribution in [2.75, 3.05) is 31.1 Å². The van der Waals surface area contributed by atoms with Gasteiger partial charge >= 0.3 is 5.97 Å². The second-order valence-corrected chi connectivity index (χ2v) is 11.3. The number of hydrogen-bond acceptors (Lipinski definition) is 6. The van der Waals surface area contributed by atoms with Gasteiger partial charge < -0.3 is 10.0 Å². The first kappa shape index (κ1) is 24.3. The van der Waals surface area contributed by atoms with E-state index in [2.05, 4.69) is 45.4 Å². The van der Waals surface area contributed by atoms with Crippen molar-refractivity contribution in [1.29, 1.82) is 0 Å². The third kappa shape index (κ3) is 4.60. The Bertz CT molecular complexity index is 1270. The number of anilines is 1. The summed E-state index contributed by atoms with van der Waals surface area (Å²) in [4.78, 5) is 26.5. The summed E-state index contributed by atoms with van der Waals surface area (Å²) >= 11 is 0. The van der Waals surface area contributed by atoms with Crippen molar-refractivity contribution in [1.82, 2.24) is 24.6 Å². The molecule has 0 atom stereocenters. The van der Waals surface area contributed by atoms with Crippen LogP contribution < -0.4 is 4.90 Å². The van der Waals surface area contributed by atoms with Gasteiger partial charge in [0, 0.05) is 49.9 Å². The van der Waals surface area contributed by atoms with Crippen molar-refractivity contribution in [3.63, 3.8) is 0 Å². The summed E-state index contributed by atoms with van der Waals surface area (Å²) < 4.78 is 2.08. The van der Waals surface area contributed by atoms with Crippen LogP contribution in [0.15, 0.2) is 24.4 Å². The highest BCUT2D eigenvalue weighted by Gasteiger charge is 2.31. The second-order valence-electron chi connectivity index (χ2n) is 11.3. The SMILES string of the molecule is CC(C)N1CCN(c2ccc(-c3cc(C(=O)O)nc4c3c(C3CCC3)nn4C3CCCCC3)cn2)CC1. The lowest BCUT2D eigenvalue weighted by molar-refractivity contribution is 0.0691. The molecule has 8 nitrogen and oxygen atoms in total. The van der Waals surface area contributed by atoms with E-state index in [1.54, 1.807) is 6.07 Å². The van der Waals surface area contributed by atoms with Gasteiger partial charge in [-0.25, -0.2) is 19.4 Å². The molecule has 0 aromatic carbocycles. The molecule has 8 heteroatoms. The number of pyridine rings is 2. The van der Waals surface area contributed by atoms with E-state index in [0.29, 0.717) is 18.0 Å². The third-order valence-electron chi connectivity index (χ3n) is 8.75. The zero-order chi connectivity index (χ0) is 25.5. The van der Waals surface area contributed by atoms with E-state index in [1.165, 1.54) is 25.7 Å². The molecule has 0 spiro atoms. The lowest BCUT2D eigenvalue weighted by Gasteiger charge is -2.37. The maximum absolute atomic E-state index is 12.1. The van der Waals surface area contributed by atoms with Gasteiger partial charge in [-0.3, -0.25) is 4.90 Å². The fraction of sp³-hybridized carbons (Fsp3) is 0.586. The van der Waals surface area contributed by atoms with Gasteiger partial charge in [-0.15, -0.1) is 0 Å². The van der Waals surface area contributed by atoms with Crippen molar-refractivity contribution in [2.45, 2.75) is 83.2 Å². The van der Waals surface area contributed by atoms with E-state index in [9.17, 15) is 9.90 Å². The fourth-order valence-corrected chi connectivity index (χ4v) is 6.25. The Morgan fingerprint density at radius 2 is 1.76 bits per heavy atom. The van der Waals surface area contributed by atoms with E-state index in [4.69, 9.17) is 10.1 Å². The smallest absolute Gasteiger partial charge is 0.354 e. The highest BCUT2D eigenvalue weighted by Crippen LogP contribution is 2.43. The zero-order valence-corrected chi connectivity index (χ0v) is 22.1. The Kier molecular flexibility index (Phi) is 6.61. The quantitative estimate of drug-likeness (QED) is 0.477. The number of carboxylic acid groups (broad SMARTS) is 1. The molecular weight excluding hydrogens is 464 g/mol. The molecule has 0 radical (unpaired) electrons. The average Bonchev–Trinajstić information content (AvgIpc) is 3.27. The molecular formula is C29H38N6O2. The number of hydrogen-bond donors (Lipinski definition) is 1. The summed E-state index contributed by atoms with van der Waals surface area (Å²) in [6.07, 6.45) is 11.2. The molecule has 3 fully saturated rings. The predicted molar refractivity (Wildman–Crippen MR) is 145 cm³/mol. The summed E-state index contributed by atoms with van der Waals surface area (Å²) in [6, 6.07) is 6.77. The van der Waals surface area contributed by atoms with Crippen LogP contribution in [-0.4, -0.2) is 67.9 Å². The van der Waals surface area contributed by atoms with Gasteiger partial charge in [-0.1, -0.05) is 25.7 Å². The van der Waals surface area contributed by atoms with E-state index in [1.807, 2.05) is 6.20 Å². The largest absolute Gasteiger partial charge is 0.477 e. The molecule has 3 aromatic heterocycles. The second kappa shape index (κ2) is 10.0. The summed E-state index contributed by atoms with van der Waals surface area (Å²) in [5, 5.41) is 16.1. The van der Waals surface area contributed by atoms with Gasteiger partial charge in [0.05, 0.1) is 17.1 Å². The molecule has 3 aliphatic rings. The van der Waals surface area contributed by atoms with Gasteiger partial charge in [0.25, 0.3) is 0 Å². The highest BCUT2D eigenvalue weighted by atomic mass is 16.4. The molecule has 2 aliphatic carbocycles. The minimum atomic E-state index is -1.00. The van der Waals surface area contributed by atoms with Gasteiger partial charge in [-0.2, -0.15) is 5.10 Å². The van der Waals surface area contributed by atoms with Crippen molar-refractivity contribution >= 4 is 22.8 Å². The Balaban J connectivity index is 1.41. The van der Waals surface area contributed by atoms with Crippen molar-refractivity contribution in [3.8, 4) is 11.1 Å². The van der Waals surface area contributed by atoms with Gasteiger partial charge in [0.2, 0.25) is 0 Å². The standard InChI is InChI=1S/C29H38N6O2/c1-19(2)33-13-15-34(16-14-33)25-12-11-21(18-30-25)23-17-24(29(36)37)31-28-26(23)27(20-7-6-8-20)32-35(28)22-9-4-3-5-10-22/h11-12,17-20,22H,3-10,13-16H2,1-2H3,(H,36,37). The predicted octanol–water partition coefficient (Wildman–Crippen LogP) is 5.49. The Morgan fingerprint density at radius 1 is 1.00 bits per heavy atom. The molecule has 196 valence electrons. The molecule has 2 saturated carbocycles. The monoisotopic (exact) mass is 502 g/mol. The van der Waals surface area contributed by atoms with E-state index >= 15 is 0 Å². The number of carbonyl (C=O) groups is 1. The maximum Gasteiger partial charge on any atom is 0.354 e. The summed E-state index contributed by atoms with van der Waals surface area (Å²) in [6.45, 7) is 8.51. The van der Waals surface area contributed by atoms with E-state index in [0.717, 1.165) is 85.5 Å². The molecule has 0 unspecified atom stereocenters. The fourth-order valence-electron chi connectivity index (χ4n) is 6.25. The molecule has 6 rings (SSSR count). The van der Waals surface area contributed by atoms with Crippen LogP contribution in [-0.2, 0) is 0 Å². The number of nitrogens with zero attached hydrogens (tertiary/aromatic N) is 6. The molecule has 1 N–H and O–H groups in total. The summed E-state index contributed by atoms with van der Waals surface area (Å²) in [5.74, 6) is 0.401. The van der Waals surface area contributed by atoms with Gasteiger partial charge in [0.1, 0.15) is 5.82 Å². The van der Waals surface area contributed by atoms with Crippen molar-refractivity contribution in [2.24, 2.45) is 0 Å². The first-order valence-electron chi connectivity index (χ1n) is 14.1. The van der Waals surface area contributed by atoms with Crippen LogP contribution >= 0.6 is 0 Å². The minimum absolute atomic E-state index is 0.0773. The summed E-state index contributed by atoms with van der Waals surface area (Å²) in [7, 11) is 0. The van der Waals surface area contributed by atoms with Crippen LogP contribution in [0.1, 0.15) is 93.4 Å². The average molecular weight is 503 g/mol. The lowest BCUT2D eigenvalue weighted by atomic mass is 9.81. The Hall–Kier alpha value is -3.00. The molecule has 0 amide bonds. The van der Waals surface area contributed by atoms with Crippen LogP contribution in [0.2, 0.25) is 0 Å². The Morgan fingerprint density at radius 3 is 2.35 bits per heavy atom. The third-order valence-corrected chi connectivity index (χ3v) is 8.75. The molecule has 3 aromatic rings. The molecule has 1 aliphatic heterocycles. The first-order valence-corrected chi connectivity index (χ1v) is 14.1. The van der Waals surface area contributed by atoms with Crippen LogP contribution in [0, 0.1) is 0 Å². The van der Waals surface area contributed by atoms with Crippen LogP contribution in [0.4, 0.5) is 5.82 Å². The maximum atomic E-state index is 12.1. The molecule has 0 bridgehead atoms.